The van der Waals surface area contributed by atoms with Gasteiger partial charge in [-0.2, -0.15) is 5.26 Å². The summed E-state index contributed by atoms with van der Waals surface area (Å²) in [7, 11) is 1.49. The van der Waals surface area contributed by atoms with Crippen LogP contribution in [0.5, 0.6) is 11.5 Å². The highest BCUT2D eigenvalue weighted by Crippen LogP contribution is 2.38. The average molecular weight is 567 g/mol. The number of carbonyl (C=O) groups excluding carboxylic acids is 1. The molecule has 1 N–H and O–H groups in total. The molecule has 0 unspecified atom stereocenters. The van der Waals surface area contributed by atoms with Crippen molar-refractivity contribution in [1.82, 2.24) is 0 Å². The topological polar surface area (TPSA) is 71.3 Å². The molecule has 1 amide bonds. The summed E-state index contributed by atoms with van der Waals surface area (Å²) < 4.78 is 11.9. The molecule has 0 atom stereocenters. The third-order valence-corrected chi connectivity index (χ3v) is 5.94. The summed E-state index contributed by atoms with van der Waals surface area (Å²) in [5.41, 5.74) is 1.61. The van der Waals surface area contributed by atoms with Crippen LogP contribution in [0, 0.1) is 11.3 Å². The van der Waals surface area contributed by atoms with Crippen molar-refractivity contribution in [2.75, 3.05) is 12.4 Å². The number of ether oxygens (including phenoxy) is 2. The van der Waals surface area contributed by atoms with Crippen LogP contribution in [0.25, 0.3) is 6.08 Å². The van der Waals surface area contributed by atoms with E-state index in [2.05, 4.69) is 21.2 Å². The van der Waals surface area contributed by atoms with Crippen LogP contribution in [0.2, 0.25) is 15.1 Å². The lowest BCUT2D eigenvalue weighted by atomic mass is 10.1. The fourth-order valence-corrected chi connectivity index (χ4v) is 4.04. The molecule has 0 heterocycles. The number of nitriles is 1. The lowest BCUT2D eigenvalue weighted by molar-refractivity contribution is -0.112. The Labute approximate surface area is 214 Å². The van der Waals surface area contributed by atoms with E-state index in [9.17, 15) is 10.1 Å². The standard InChI is InChI=1S/C24H16BrCl3N2O3/c1-32-22-10-14(8-16(12-29)24(31)30-21-5-3-2-4-19(21)27)9-18(25)23(22)33-13-15-6-7-17(26)11-20(15)28/h2-11H,13H2,1H3,(H,30,31)/b16-8-. The highest BCUT2D eigenvalue weighted by atomic mass is 79.9. The SMILES string of the molecule is COc1cc(/C=C(/C#N)C(=O)Nc2ccccc2Cl)cc(Br)c1OCc1ccc(Cl)cc1Cl. The van der Waals surface area contributed by atoms with Crippen LogP contribution in [-0.2, 0) is 11.4 Å². The van der Waals surface area contributed by atoms with E-state index in [1.54, 1.807) is 54.6 Å². The van der Waals surface area contributed by atoms with Gasteiger partial charge in [-0.1, -0.05) is 53.0 Å². The molecule has 0 aromatic heterocycles. The lowest BCUT2D eigenvalue weighted by Crippen LogP contribution is -2.13. The highest BCUT2D eigenvalue weighted by Gasteiger charge is 2.15. The maximum absolute atomic E-state index is 12.6. The molecule has 0 aliphatic heterocycles. The van der Waals surface area contributed by atoms with Gasteiger partial charge in [-0.25, -0.2) is 0 Å². The number of hydrogen-bond donors (Lipinski definition) is 1. The van der Waals surface area contributed by atoms with Crippen LogP contribution in [0.1, 0.15) is 11.1 Å². The zero-order valence-electron chi connectivity index (χ0n) is 17.2. The fraction of sp³-hybridized carbons (Fsp3) is 0.0833. The molecular formula is C24H16BrCl3N2O3. The van der Waals surface area contributed by atoms with E-state index in [0.29, 0.717) is 42.3 Å². The number of halogens is 4. The summed E-state index contributed by atoms with van der Waals surface area (Å²) in [6.45, 7) is 0.184. The Hall–Kier alpha value is -2.69. The quantitative estimate of drug-likeness (QED) is 0.237. The molecule has 168 valence electrons. The van der Waals surface area contributed by atoms with E-state index in [4.69, 9.17) is 44.3 Å². The van der Waals surface area contributed by atoms with Crippen LogP contribution in [0.15, 0.2) is 64.6 Å². The molecule has 9 heteroatoms. The summed E-state index contributed by atoms with van der Waals surface area (Å²) in [5, 5.41) is 13.5. The maximum atomic E-state index is 12.6. The van der Waals surface area contributed by atoms with E-state index in [1.807, 2.05) is 6.07 Å². The van der Waals surface area contributed by atoms with Gasteiger partial charge in [0.2, 0.25) is 0 Å². The zero-order chi connectivity index (χ0) is 24.0. The number of methoxy groups -OCH3 is 1. The van der Waals surface area contributed by atoms with Crippen molar-refractivity contribution in [3.8, 4) is 17.6 Å². The lowest BCUT2D eigenvalue weighted by Gasteiger charge is -2.14. The zero-order valence-corrected chi connectivity index (χ0v) is 21.0. The summed E-state index contributed by atoms with van der Waals surface area (Å²) in [4.78, 5) is 12.6. The Morgan fingerprint density at radius 1 is 1.12 bits per heavy atom. The maximum Gasteiger partial charge on any atom is 0.266 e. The molecule has 0 spiro atoms. The Bertz CT molecular complexity index is 1270. The van der Waals surface area contributed by atoms with Crippen molar-refractivity contribution in [2.45, 2.75) is 6.61 Å². The second-order valence-corrected chi connectivity index (χ2v) is 8.77. The number of nitrogens with zero attached hydrogens (tertiary/aromatic N) is 1. The van der Waals surface area contributed by atoms with Crippen molar-refractivity contribution < 1.29 is 14.3 Å². The first-order valence-electron chi connectivity index (χ1n) is 9.44. The Morgan fingerprint density at radius 2 is 1.88 bits per heavy atom. The number of benzene rings is 3. The number of amides is 1. The van der Waals surface area contributed by atoms with Gasteiger partial charge in [0.15, 0.2) is 11.5 Å². The summed E-state index contributed by atoms with van der Waals surface area (Å²) in [5.74, 6) is 0.266. The highest BCUT2D eigenvalue weighted by molar-refractivity contribution is 9.10. The van der Waals surface area contributed by atoms with Crippen molar-refractivity contribution in [3.63, 3.8) is 0 Å². The van der Waals surface area contributed by atoms with Crippen molar-refractivity contribution >= 4 is 68.4 Å². The van der Waals surface area contributed by atoms with Gasteiger partial charge in [-0.15, -0.1) is 0 Å². The third kappa shape index (κ3) is 6.43. The van der Waals surface area contributed by atoms with E-state index >= 15 is 0 Å². The van der Waals surface area contributed by atoms with Crippen molar-refractivity contribution in [2.24, 2.45) is 0 Å². The van der Waals surface area contributed by atoms with Gasteiger partial charge in [-0.3, -0.25) is 4.79 Å². The average Bonchev–Trinajstić information content (AvgIpc) is 2.78. The molecule has 0 radical (unpaired) electrons. The number of nitrogens with one attached hydrogen (secondary N) is 1. The molecular weight excluding hydrogens is 551 g/mol. The van der Waals surface area contributed by atoms with Gasteiger partial charge < -0.3 is 14.8 Å². The van der Waals surface area contributed by atoms with Gasteiger partial charge in [0.1, 0.15) is 18.2 Å². The monoisotopic (exact) mass is 564 g/mol. The predicted octanol–water partition coefficient (Wildman–Crippen LogP) is 7.54. The van der Waals surface area contributed by atoms with Crippen LogP contribution in [0.3, 0.4) is 0 Å². The second kappa shape index (κ2) is 11.4. The summed E-state index contributed by atoms with van der Waals surface area (Å²) >= 11 is 21.7. The normalized spacial score (nSPS) is 11.0. The minimum absolute atomic E-state index is 0.106. The first kappa shape index (κ1) is 24.9. The molecule has 0 aliphatic carbocycles. The molecule has 0 aliphatic rings. The summed E-state index contributed by atoms with van der Waals surface area (Å²) in [6, 6.07) is 17.2. The number of para-hydroxylation sites is 1. The van der Waals surface area contributed by atoms with E-state index < -0.39 is 5.91 Å². The number of hydrogen-bond acceptors (Lipinski definition) is 4. The summed E-state index contributed by atoms with van der Waals surface area (Å²) in [6.07, 6.45) is 1.44. The molecule has 0 bridgehead atoms. The van der Waals surface area contributed by atoms with E-state index in [-0.39, 0.29) is 12.2 Å². The Balaban J connectivity index is 1.84. The number of rotatable bonds is 7. The van der Waals surface area contributed by atoms with Crippen LogP contribution >= 0.6 is 50.7 Å². The second-order valence-electron chi connectivity index (χ2n) is 6.66. The van der Waals surface area contributed by atoms with E-state index in [1.165, 1.54) is 13.2 Å². The molecule has 0 saturated heterocycles. The Morgan fingerprint density at radius 3 is 2.55 bits per heavy atom. The van der Waals surface area contributed by atoms with Crippen LogP contribution in [-0.4, -0.2) is 13.0 Å². The van der Waals surface area contributed by atoms with Gasteiger partial charge in [0, 0.05) is 15.6 Å². The van der Waals surface area contributed by atoms with E-state index in [0.717, 1.165) is 5.56 Å². The van der Waals surface area contributed by atoms with Gasteiger partial charge in [-0.05, 0) is 64.0 Å². The molecule has 0 fully saturated rings. The van der Waals surface area contributed by atoms with Crippen molar-refractivity contribution in [3.05, 3.63) is 90.8 Å². The first-order chi connectivity index (χ1) is 15.8. The van der Waals surface area contributed by atoms with Crippen LogP contribution in [0.4, 0.5) is 5.69 Å². The van der Waals surface area contributed by atoms with Gasteiger partial charge in [0.25, 0.3) is 5.91 Å². The minimum Gasteiger partial charge on any atom is -0.493 e. The Kier molecular flexibility index (Phi) is 8.65. The smallest absolute Gasteiger partial charge is 0.266 e. The molecule has 5 nitrogen and oxygen atoms in total. The number of carbonyl (C=O) groups is 1. The van der Waals surface area contributed by atoms with Crippen molar-refractivity contribution in [1.29, 1.82) is 5.26 Å². The predicted molar refractivity (Wildman–Crippen MR) is 135 cm³/mol. The first-order valence-corrected chi connectivity index (χ1v) is 11.4. The minimum atomic E-state index is -0.585. The molecule has 3 aromatic rings. The van der Waals surface area contributed by atoms with Crippen LogP contribution < -0.4 is 14.8 Å². The number of anilines is 1. The molecule has 3 rings (SSSR count). The molecule has 3 aromatic carbocycles. The van der Waals surface area contributed by atoms with Gasteiger partial charge >= 0.3 is 0 Å². The largest absolute Gasteiger partial charge is 0.493 e. The fourth-order valence-electron chi connectivity index (χ4n) is 2.82. The molecule has 33 heavy (non-hydrogen) atoms. The third-order valence-electron chi connectivity index (χ3n) is 4.44. The van der Waals surface area contributed by atoms with Gasteiger partial charge in [0.05, 0.1) is 22.3 Å². The molecule has 0 saturated carbocycles.